The Kier molecular flexibility index (Phi) is 5.95. The number of ether oxygens (including phenoxy) is 1. The number of halogens is 1. The molecule has 17 heavy (non-hydrogen) atoms. The first-order chi connectivity index (χ1) is 8.08. The SMILES string of the molecule is CCCC(O)C(O)Cc1cc(Br)ccc1OC. The highest BCUT2D eigenvalue weighted by Gasteiger charge is 2.17. The molecule has 0 fully saturated rings. The molecule has 2 atom stereocenters. The van der Waals surface area contributed by atoms with Crippen LogP contribution in [0.2, 0.25) is 0 Å². The van der Waals surface area contributed by atoms with E-state index in [1.807, 2.05) is 25.1 Å². The van der Waals surface area contributed by atoms with Gasteiger partial charge in [0, 0.05) is 10.9 Å². The number of aliphatic hydroxyl groups is 2. The Morgan fingerprint density at radius 1 is 1.29 bits per heavy atom. The van der Waals surface area contributed by atoms with Gasteiger partial charge in [0.15, 0.2) is 0 Å². The van der Waals surface area contributed by atoms with Crippen molar-refractivity contribution in [3.05, 3.63) is 28.2 Å². The highest BCUT2D eigenvalue weighted by molar-refractivity contribution is 9.10. The van der Waals surface area contributed by atoms with Gasteiger partial charge in [-0.15, -0.1) is 0 Å². The van der Waals surface area contributed by atoms with Crippen LogP contribution in [0.1, 0.15) is 25.3 Å². The fraction of sp³-hybridized carbons (Fsp3) is 0.538. The predicted octanol–water partition coefficient (Wildman–Crippen LogP) is 2.52. The molecule has 0 bridgehead atoms. The summed E-state index contributed by atoms with van der Waals surface area (Å²) in [5.41, 5.74) is 0.893. The van der Waals surface area contributed by atoms with Gasteiger partial charge in [0.1, 0.15) is 5.75 Å². The molecule has 2 unspecified atom stereocenters. The second-order valence-corrected chi connectivity index (χ2v) is 5.00. The minimum atomic E-state index is -0.752. The van der Waals surface area contributed by atoms with Crippen molar-refractivity contribution < 1.29 is 14.9 Å². The lowest BCUT2D eigenvalue weighted by atomic mass is 10.0. The van der Waals surface area contributed by atoms with Crippen molar-refractivity contribution in [2.24, 2.45) is 0 Å². The van der Waals surface area contributed by atoms with Crippen LogP contribution >= 0.6 is 15.9 Å². The fourth-order valence-corrected chi connectivity index (χ4v) is 2.16. The Morgan fingerprint density at radius 3 is 2.59 bits per heavy atom. The molecular formula is C13H19BrO3. The third-order valence-electron chi connectivity index (χ3n) is 2.70. The third-order valence-corrected chi connectivity index (χ3v) is 3.19. The van der Waals surface area contributed by atoms with E-state index in [1.54, 1.807) is 7.11 Å². The van der Waals surface area contributed by atoms with Crippen molar-refractivity contribution in [2.45, 2.75) is 38.4 Å². The summed E-state index contributed by atoms with van der Waals surface area (Å²) in [4.78, 5) is 0. The second-order valence-electron chi connectivity index (χ2n) is 4.08. The molecule has 0 heterocycles. The van der Waals surface area contributed by atoms with E-state index in [0.29, 0.717) is 12.8 Å². The maximum Gasteiger partial charge on any atom is 0.122 e. The van der Waals surface area contributed by atoms with E-state index < -0.39 is 12.2 Å². The lowest BCUT2D eigenvalue weighted by molar-refractivity contribution is 0.0145. The number of hydrogen-bond donors (Lipinski definition) is 2. The first kappa shape index (κ1) is 14.5. The summed E-state index contributed by atoms with van der Waals surface area (Å²) in [5.74, 6) is 0.732. The molecule has 3 nitrogen and oxygen atoms in total. The average Bonchev–Trinajstić information content (AvgIpc) is 2.29. The Hall–Kier alpha value is -0.580. The average molecular weight is 303 g/mol. The maximum atomic E-state index is 9.89. The summed E-state index contributed by atoms with van der Waals surface area (Å²) in [5, 5.41) is 19.6. The molecule has 4 heteroatoms. The van der Waals surface area contributed by atoms with Gasteiger partial charge in [-0.05, 0) is 30.2 Å². The Bertz CT molecular complexity index is 355. The minimum Gasteiger partial charge on any atom is -0.496 e. The predicted molar refractivity (Wildman–Crippen MR) is 71.3 cm³/mol. The summed E-state index contributed by atoms with van der Waals surface area (Å²) < 4.78 is 6.16. The molecule has 0 aromatic heterocycles. The molecule has 1 rings (SSSR count). The number of benzene rings is 1. The minimum absolute atomic E-state index is 0.393. The van der Waals surface area contributed by atoms with E-state index in [2.05, 4.69) is 15.9 Å². The van der Waals surface area contributed by atoms with E-state index >= 15 is 0 Å². The number of rotatable bonds is 6. The third kappa shape index (κ3) is 4.30. The lowest BCUT2D eigenvalue weighted by Gasteiger charge is -2.18. The van der Waals surface area contributed by atoms with E-state index in [-0.39, 0.29) is 0 Å². The molecule has 0 saturated carbocycles. The fourth-order valence-electron chi connectivity index (χ4n) is 1.76. The van der Waals surface area contributed by atoms with E-state index in [1.165, 1.54) is 0 Å². The van der Waals surface area contributed by atoms with E-state index in [0.717, 1.165) is 22.2 Å². The number of methoxy groups -OCH3 is 1. The monoisotopic (exact) mass is 302 g/mol. The molecule has 96 valence electrons. The van der Waals surface area contributed by atoms with Crippen LogP contribution in [0.15, 0.2) is 22.7 Å². The van der Waals surface area contributed by atoms with Crippen LogP contribution in [0.5, 0.6) is 5.75 Å². The molecule has 1 aromatic carbocycles. The smallest absolute Gasteiger partial charge is 0.122 e. The van der Waals surface area contributed by atoms with Crippen molar-refractivity contribution in [1.82, 2.24) is 0 Å². The normalized spacial score (nSPS) is 14.4. The molecule has 0 spiro atoms. The zero-order chi connectivity index (χ0) is 12.8. The summed E-state index contributed by atoms with van der Waals surface area (Å²) in [6, 6.07) is 5.64. The first-order valence-corrected chi connectivity index (χ1v) is 6.56. The lowest BCUT2D eigenvalue weighted by Crippen LogP contribution is -2.27. The zero-order valence-electron chi connectivity index (χ0n) is 10.2. The van der Waals surface area contributed by atoms with Crippen molar-refractivity contribution >= 4 is 15.9 Å². The molecule has 0 aliphatic carbocycles. The van der Waals surface area contributed by atoms with E-state index in [4.69, 9.17) is 4.74 Å². The van der Waals surface area contributed by atoms with Gasteiger partial charge in [-0.25, -0.2) is 0 Å². The Balaban J connectivity index is 2.76. The van der Waals surface area contributed by atoms with Gasteiger partial charge < -0.3 is 14.9 Å². The van der Waals surface area contributed by atoms with Crippen LogP contribution in [-0.2, 0) is 6.42 Å². The zero-order valence-corrected chi connectivity index (χ0v) is 11.8. The van der Waals surface area contributed by atoms with Gasteiger partial charge in [-0.2, -0.15) is 0 Å². The van der Waals surface area contributed by atoms with Gasteiger partial charge in [-0.3, -0.25) is 0 Å². The Morgan fingerprint density at radius 2 is 2.00 bits per heavy atom. The van der Waals surface area contributed by atoms with Gasteiger partial charge in [0.2, 0.25) is 0 Å². The van der Waals surface area contributed by atoms with Crippen molar-refractivity contribution in [3.63, 3.8) is 0 Å². The maximum absolute atomic E-state index is 9.89. The van der Waals surface area contributed by atoms with Crippen molar-refractivity contribution in [3.8, 4) is 5.75 Å². The molecule has 1 aromatic rings. The van der Waals surface area contributed by atoms with Gasteiger partial charge in [0.25, 0.3) is 0 Å². The molecular weight excluding hydrogens is 284 g/mol. The van der Waals surface area contributed by atoms with Crippen LogP contribution in [0, 0.1) is 0 Å². The van der Waals surface area contributed by atoms with Crippen LogP contribution in [0.4, 0.5) is 0 Å². The Labute approximate surface area is 111 Å². The number of hydrogen-bond acceptors (Lipinski definition) is 3. The molecule has 0 aliphatic rings. The second kappa shape index (κ2) is 6.99. The van der Waals surface area contributed by atoms with E-state index in [9.17, 15) is 10.2 Å². The molecule has 0 saturated heterocycles. The molecule has 2 N–H and O–H groups in total. The van der Waals surface area contributed by atoms with Crippen LogP contribution in [0.25, 0.3) is 0 Å². The summed E-state index contributed by atoms with van der Waals surface area (Å²) >= 11 is 3.38. The highest BCUT2D eigenvalue weighted by Crippen LogP contribution is 2.25. The highest BCUT2D eigenvalue weighted by atomic mass is 79.9. The summed E-state index contributed by atoms with van der Waals surface area (Å²) in [6.07, 6.45) is 0.427. The largest absolute Gasteiger partial charge is 0.496 e. The molecule has 0 amide bonds. The van der Waals surface area contributed by atoms with Crippen LogP contribution < -0.4 is 4.74 Å². The van der Waals surface area contributed by atoms with Crippen LogP contribution in [0.3, 0.4) is 0 Å². The van der Waals surface area contributed by atoms with Gasteiger partial charge in [0.05, 0.1) is 19.3 Å². The standard InChI is InChI=1S/C13H19BrO3/c1-3-4-11(15)12(16)8-9-7-10(14)5-6-13(9)17-2/h5-7,11-12,15-16H,3-4,8H2,1-2H3. The summed E-state index contributed by atoms with van der Waals surface area (Å²) in [7, 11) is 1.60. The molecule has 0 radical (unpaired) electrons. The van der Waals surface area contributed by atoms with Crippen molar-refractivity contribution in [2.75, 3.05) is 7.11 Å². The van der Waals surface area contributed by atoms with Crippen molar-refractivity contribution in [1.29, 1.82) is 0 Å². The van der Waals surface area contributed by atoms with Gasteiger partial charge >= 0.3 is 0 Å². The quantitative estimate of drug-likeness (QED) is 0.849. The van der Waals surface area contributed by atoms with Crippen LogP contribution in [-0.4, -0.2) is 29.5 Å². The first-order valence-electron chi connectivity index (χ1n) is 5.77. The molecule has 0 aliphatic heterocycles. The summed E-state index contributed by atoms with van der Waals surface area (Å²) in [6.45, 7) is 1.98. The number of aliphatic hydroxyl groups excluding tert-OH is 2. The van der Waals surface area contributed by atoms with Gasteiger partial charge in [-0.1, -0.05) is 29.3 Å². The topological polar surface area (TPSA) is 49.7 Å².